The number of H-pyrrole nitrogens is 1. The molecule has 0 spiro atoms. The lowest BCUT2D eigenvalue weighted by molar-refractivity contribution is 0.485. The fourth-order valence-corrected chi connectivity index (χ4v) is 2.04. The van der Waals surface area contributed by atoms with Gasteiger partial charge in [-0.05, 0) is 24.5 Å². The zero-order chi connectivity index (χ0) is 14.0. The molecule has 5 nitrogen and oxygen atoms in total. The van der Waals surface area contributed by atoms with E-state index in [9.17, 15) is 9.18 Å². The van der Waals surface area contributed by atoms with Crippen molar-refractivity contribution in [2.24, 2.45) is 11.7 Å². The normalized spacial score (nSPS) is 12.9. The monoisotopic (exact) mass is 264 g/mol. The molecule has 19 heavy (non-hydrogen) atoms. The Hall–Kier alpha value is -1.95. The molecular formula is C13H17FN4O. The number of halogens is 1. The minimum Gasteiger partial charge on any atom is -0.321 e. The Morgan fingerprint density at radius 2 is 2.11 bits per heavy atom. The molecule has 0 unspecified atom stereocenters. The van der Waals surface area contributed by atoms with Gasteiger partial charge in [-0.15, -0.1) is 0 Å². The lowest BCUT2D eigenvalue weighted by Crippen LogP contribution is -2.23. The molecular weight excluding hydrogens is 247 g/mol. The highest BCUT2D eigenvalue weighted by Gasteiger charge is 2.19. The van der Waals surface area contributed by atoms with Crippen molar-refractivity contribution >= 4 is 0 Å². The lowest BCUT2D eigenvalue weighted by atomic mass is 10.0. The second-order valence-electron chi connectivity index (χ2n) is 4.91. The van der Waals surface area contributed by atoms with Crippen LogP contribution in [0.15, 0.2) is 29.1 Å². The Morgan fingerprint density at radius 3 is 2.74 bits per heavy atom. The number of rotatable bonds is 4. The Bertz CT molecular complexity index is 617. The van der Waals surface area contributed by atoms with Crippen molar-refractivity contribution in [1.82, 2.24) is 14.8 Å². The first-order valence-corrected chi connectivity index (χ1v) is 6.18. The molecule has 1 aromatic heterocycles. The van der Waals surface area contributed by atoms with E-state index >= 15 is 0 Å². The summed E-state index contributed by atoms with van der Waals surface area (Å²) in [4.78, 5) is 11.8. The number of aromatic nitrogens is 3. The van der Waals surface area contributed by atoms with E-state index in [-0.39, 0.29) is 5.69 Å². The minimum atomic E-state index is -0.487. The van der Waals surface area contributed by atoms with E-state index in [4.69, 9.17) is 5.73 Å². The topological polar surface area (TPSA) is 76.7 Å². The highest BCUT2D eigenvalue weighted by Crippen LogP contribution is 2.19. The van der Waals surface area contributed by atoms with Gasteiger partial charge in [0.15, 0.2) is 5.82 Å². The zero-order valence-electron chi connectivity index (χ0n) is 10.9. The Balaban J connectivity index is 2.50. The number of para-hydroxylation sites is 1. The van der Waals surface area contributed by atoms with Crippen LogP contribution in [0.5, 0.6) is 0 Å². The van der Waals surface area contributed by atoms with Gasteiger partial charge in [-0.3, -0.25) is 0 Å². The van der Waals surface area contributed by atoms with Gasteiger partial charge in [0.25, 0.3) is 0 Å². The molecule has 1 atom stereocenters. The van der Waals surface area contributed by atoms with E-state index in [0.717, 1.165) is 0 Å². The van der Waals surface area contributed by atoms with Gasteiger partial charge in [0.2, 0.25) is 0 Å². The lowest BCUT2D eigenvalue weighted by Gasteiger charge is -2.14. The summed E-state index contributed by atoms with van der Waals surface area (Å²) in [6.07, 6.45) is 0.665. The van der Waals surface area contributed by atoms with Crippen LogP contribution in [0, 0.1) is 11.7 Å². The number of nitrogens with one attached hydrogen (secondary N) is 1. The molecule has 2 rings (SSSR count). The summed E-state index contributed by atoms with van der Waals surface area (Å²) in [5, 5.41) is 6.25. The average Bonchev–Trinajstić information content (AvgIpc) is 2.71. The number of nitrogens with two attached hydrogens (primary N) is 1. The Labute approximate surface area is 110 Å². The maximum atomic E-state index is 13.8. The highest BCUT2D eigenvalue weighted by molar-refractivity contribution is 5.34. The fraction of sp³-hybridized carbons (Fsp3) is 0.385. The maximum absolute atomic E-state index is 13.8. The summed E-state index contributed by atoms with van der Waals surface area (Å²) in [6, 6.07) is 5.64. The van der Waals surface area contributed by atoms with Gasteiger partial charge in [-0.25, -0.2) is 18.9 Å². The van der Waals surface area contributed by atoms with Crippen molar-refractivity contribution in [2.45, 2.75) is 26.3 Å². The molecule has 0 saturated heterocycles. The molecule has 0 amide bonds. The Morgan fingerprint density at radius 1 is 1.42 bits per heavy atom. The summed E-state index contributed by atoms with van der Waals surface area (Å²) in [5.41, 5.74) is 5.71. The standard InChI is InChI=1S/C13H17FN4O/c1-8(2)7-10(15)12-16-17-13(19)18(12)11-6-4-3-5-9(11)14/h3-6,8,10H,7,15H2,1-2H3,(H,17,19)/t10-/m0/s1. The van der Waals surface area contributed by atoms with Crippen LogP contribution in [-0.2, 0) is 0 Å². The summed E-state index contributed by atoms with van der Waals surface area (Å²) in [6.45, 7) is 4.05. The third-order valence-electron chi connectivity index (χ3n) is 2.85. The molecule has 0 fully saturated rings. The molecule has 1 heterocycles. The first-order valence-electron chi connectivity index (χ1n) is 6.18. The largest absolute Gasteiger partial charge is 0.348 e. The van der Waals surface area contributed by atoms with Crippen LogP contribution in [0.3, 0.4) is 0 Å². The van der Waals surface area contributed by atoms with Gasteiger partial charge in [-0.2, -0.15) is 5.10 Å². The van der Waals surface area contributed by atoms with Crippen molar-refractivity contribution in [3.8, 4) is 5.69 Å². The van der Waals surface area contributed by atoms with E-state index in [1.54, 1.807) is 12.1 Å². The number of hydrogen-bond acceptors (Lipinski definition) is 3. The van der Waals surface area contributed by atoms with Gasteiger partial charge < -0.3 is 5.73 Å². The van der Waals surface area contributed by atoms with E-state index in [0.29, 0.717) is 18.2 Å². The SMILES string of the molecule is CC(C)C[C@H](N)c1n[nH]c(=O)n1-c1ccccc1F. The first-order chi connectivity index (χ1) is 9.00. The van der Waals surface area contributed by atoms with Crippen molar-refractivity contribution in [1.29, 1.82) is 0 Å². The molecule has 102 valence electrons. The number of aromatic amines is 1. The third-order valence-corrected chi connectivity index (χ3v) is 2.85. The van der Waals surface area contributed by atoms with E-state index in [1.807, 2.05) is 13.8 Å². The second kappa shape index (κ2) is 5.36. The van der Waals surface area contributed by atoms with Gasteiger partial charge in [-0.1, -0.05) is 26.0 Å². The molecule has 0 aliphatic heterocycles. The van der Waals surface area contributed by atoms with Crippen molar-refractivity contribution in [2.75, 3.05) is 0 Å². The van der Waals surface area contributed by atoms with Crippen LogP contribution < -0.4 is 11.4 Å². The first kappa shape index (κ1) is 13.5. The smallest absolute Gasteiger partial charge is 0.321 e. The van der Waals surface area contributed by atoms with Gasteiger partial charge in [0, 0.05) is 0 Å². The summed E-state index contributed by atoms with van der Waals surface area (Å²) >= 11 is 0. The molecule has 0 bridgehead atoms. The van der Waals surface area contributed by atoms with E-state index in [2.05, 4.69) is 10.2 Å². The number of hydrogen-bond donors (Lipinski definition) is 2. The van der Waals surface area contributed by atoms with Crippen molar-refractivity contribution in [3.05, 3.63) is 46.4 Å². The van der Waals surface area contributed by atoms with E-state index in [1.165, 1.54) is 16.7 Å². The Kier molecular flexibility index (Phi) is 3.80. The van der Waals surface area contributed by atoms with Crippen LogP contribution in [0.1, 0.15) is 32.1 Å². The van der Waals surface area contributed by atoms with Gasteiger partial charge in [0.1, 0.15) is 5.82 Å². The number of benzene rings is 1. The molecule has 3 N–H and O–H groups in total. The quantitative estimate of drug-likeness (QED) is 0.883. The van der Waals surface area contributed by atoms with Gasteiger partial charge >= 0.3 is 5.69 Å². The average molecular weight is 264 g/mol. The summed E-state index contributed by atoms with van der Waals surface area (Å²) in [5.74, 6) is 0.226. The third kappa shape index (κ3) is 2.73. The van der Waals surface area contributed by atoms with Gasteiger partial charge in [0.05, 0.1) is 11.7 Å². The minimum absolute atomic E-state index is 0.162. The number of nitrogens with zero attached hydrogens (tertiary/aromatic N) is 2. The summed E-state index contributed by atoms with van der Waals surface area (Å²) in [7, 11) is 0. The fourth-order valence-electron chi connectivity index (χ4n) is 2.04. The molecule has 1 aromatic carbocycles. The predicted molar refractivity (Wildman–Crippen MR) is 70.5 cm³/mol. The molecule has 0 aliphatic rings. The second-order valence-corrected chi connectivity index (χ2v) is 4.91. The molecule has 0 saturated carbocycles. The molecule has 0 radical (unpaired) electrons. The molecule has 6 heteroatoms. The molecule has 0 aliphatic carbocycles. The molecule has 2 aromatic rings. The van der Waals surface area contributed by atoms with Crippen LogP contribution in [0.2, 0.25) is 0 Å². The predicted octanol–water partition coefficient (Wildman–Crippen LogP) is 1.75. The highest BCUT2D eigenvalue weighted by atomic mass is 19.1. The maximum Gasteiger partial charge on any atom is 0.348 e. The van der Waals surface area contributed by atoms with E-state index < -0.39 is 17.5 Å². The zero-order valence-corrected chi connectivity index (χ0v) is 10.9. The van der Waals surface area contributed by atoms with Crippen LogP contribution in [0.4, 0.5) is 4.39 Å². The van der Waals surface area contributed by atoms with Crippen LogP contribution >= 0.6 is 0 Å². The summed E-state index contributed by atoms with van der Waals surface area (Å²) < 4.78 is 15.0. The van der Waals surface area contributed by atoms with Crippen LogP contribution in [-0.4, -0.2) is 14.8 Å². The van der Waals surface area contributed by atoms with Crippen molar-refractivity contribution < 1.29 is 4.39 Å². The van der Waals surface area contributed by atoms with Crippen LogP contribution in [0.25, 0.3) is 5.69 Å². The van der Waals surface area contributed by atoms with Crippen molar-refractivity contribution in [3.63, 3.8) is 0 Å².